The molecule has 0 radical (unpaired) electrons. The number of tetrazole rings is 1. The van der Waals surface area contributed by atoms with Crippen molar-refractivity contribution in [1.29, 1.82) is 0 Å². The molecule has 2 heterocycles. The van der Waals surface area contributed by atoms with Gasteiger partial charge in [-0.25, -0.2) is 4.79 Å². The van der Waals surface area contributed by atoms with Crippen LogP contribution in [0.15, 0.2) is 56.8 Å². The Morgan fingerprint density at radius 2 is 1.96 bits per heavy atom. The number of hydrogen-bond acceptors (Lipinski definition) is 6. The van der Waals surface area contributed by atoms with Gasteiger partial charge in [-0.3, -0.25) is 0 Å². The maximum Gasteiger partial charge on any atom is 0.336 e. The Morgan fingerprint density at radius 1 is 1.11 bits per heavy atom. The molecular formula is C20H18N4O2S. The molecule has 0 aliphatic heterocycles. The van der Waals surface area contributed by atoms with Crippen LogP contribution in [0, 0.1) is 20.8 Å². The quantitative estimate of drug-likeness (QED) is 0.395. The topological polar surface area (TPSA) is 73.8 Å². The molecule has 0 unspecified atom stereocenters. The van der Waals surface area contributed by atoms with Crippen molar-refractivity contribution in [3.63, 3.8) is 0 Å². The van der Waals surface area contributed by atoms with Gasteiger partial charge in [-0.05, 0) is 65.6 Å². The fourth-order valence-electron chi connectivity index (χ4n) is 2.98. The first-order valence-corrected chi connectivity index (χ1v) is 9.52. The summed E-state index contributed by atoms with van der Waals surface area (Å²) in [6.07, 6.45) is 0. The lowest BCUT2D eigenvalue weighted by Crippen LogP contribution is -2.03. The number of hydrogen-bond donors (Lipinski definition) is 0. The summed E-state index contributed by atoms with van der Waals surface area (Å²) < 4.78 is 7.07. The highest BCUT2D eigenvalue weighted by atomic mass is 32.2. The molecule has 7 heteroatoms. The van der Waals surface area contributed by atoms with Gasteiger partial charge in [-0.1, -0.05) is 36.0 Å². The van der Waals surface area contributed by atoms with Gasteiger partial charge in [0, 0.05) is 17.2 Å². The minimum atomic E-state index is -0.349. The van der Waals surface area contributed by atoms with Crippen molar-refractivity contribution in [3.8, 4) is 5.69 Å². The van der Waals surface area contributed by atoms with Crippen molar-refractivity contribution in [3.05, 3.63) is 75.1 Å². The summed E-state index contributed by atoms with van der Waals surface area (Å²) in [5, 5.41) is 13.7. The van der Waals surface area contributed by atoms with Gasteiger partial charge in [0.2, 0.25) is 5.16 Å². The number of fused-ring (bicyclic) bond motifs is 1. The SMILES string of the molecule is Cc1ccc2c(CSc3nnnn3-c3cccc(C)c3C)cc(=O)oc2c1. The second-order valence-electron chi connectivity index (χ2n) is 6.47. The normalized spacial score (nSPS) is 11.2. The van der Waals surface area contributed by atoms with Crippen LogP contribution in [0.1, 0.15) is 22.3 Å². The summed E-state index contributed by atoms with van der Waals surface area (Å²) in [6.45, 7) is 6.09. The first-order chi connectivity index (χ1) is 13.0. The largest absolute Gasteiger partial charge is 0.423 e. The molecule has 136 valence electrons. The van der Waals surface area contributed by atoms with Crippen molar-refractivity contribution in [2.24, 2.45) is 0 Å². The maximum atomic E-state index is 11.9. The molecule has 6 nitrogen and oxygen atoms in total. The number of thioether (sulfide) groups is 1. The van der Waals surface area contributed by atoms with Crippen LogP contribution in [0.2, 0.25) is 0 Å². The minimum absolute atomic E-state index is 0.349. The van der Waals surface area contributed by atoms with Crippen LogP contribution in [0.25, 0.3) is 16.7 Å². The molecular weight excluding hydrogens is 360 g/mol. The Morgan fingerprint density at radius 3 is 2.81 bits per heavy atom. The first kappa shape index (κ1) is 17.5. The van der Waals surface area contributed by atoms with Gasteiger partial charge in [0.1, 0.15) is 5.58 Å². The van der Waals surface area contributed by atoms with Gasteiger partial charge >= 0.3 is 5.63 Å². The van der Waals surface area contributed by atoms with E-state index in [0.717, 1.165) is 27.8 Å². The summed E-state index contributed by atoms with van der Waals surface area (Å²) in [4.78, 5) is 11.9. The van der Waals surface area contributed by atoms with E-state index in [1.165, 1.54) is 23.4 Å². The summed E-state index contributed by atoms with van der Waals surface area (Å²) in [6, 6.07) is 13.5. The molecule has 0 saturated carbocycles. The monoisotopic (exact) mass is 378 g/mol. The lowest BCUT2D eigenvalue weighted by Gasteiger charge is -2.10. The fourth-order valence-corrected chi connectivity index (χ4v) is 3.86. The van der Waals surface area contributed by atoms with E-state index in [-0.39, 0.29) is 5.63 Å². The molecule has 27 heavy (non-hydrogen) atoms. The first-order valence-electron chi connectivity index (χ1n) is 8.54. The van der Waals surface area contributed by atoms with Gasteiger partial charge in [0.25, 0.3) is 0 Å². The molecule has 4 aromatic rings. The molecule has 0 amide bonds. The highest BCUT2D eigenvalue weighted by Crippen LogP contribution is 2.27. The molecule has 2 aromatic heterocycles. The zero-order valence-corrected chi connectivity index (χ0v) is 16.1. The van der Waals surface area contributed by atoms with Crippen LogP contribution in [0.5, 0.6) is 0 Å². The van der Waals surface area contributed by atoms with Crippen LogP contribution < -0.4 is 5.63 Å². The van der Waals surface area contributed by atoms with E-state index in [1.54, 1.807) is 4.68 Å². The van der Waals surface area contributed by atoms with E-state index in [2.05, 4.69) is 35.4 Å². The standard InChI is InChI=1S/C20H18N4O2S/c1-12-7-8-16-15(10-19(25)26-18(16)9-12)11-27-20-21-22-23-24(20)17-6-4-5-13(2)14(17)3/h4-10H,11H2,1-3H3. The lowest BCUT2D eigenvalue weighted by atomic mass is 10.1. The average molecular weight is 378 g/mol. The van der Waals surface area contributed by atoms with E-state index < -0.39 is 0 Å². The Bertz CT molecular complexity index is 1200. The van der Waals surface area contributed by atoms with Crippen molar-refractivity contribution >= 4 is 22.7 Å². The van der Waals surface area contributed by atoms with Gasteiger partial charge in [0.05, 0.1) is 5.69 Å². The lowest BCUT2D eigenvalue weighted by molar-refractivity contribution is 0.559. The molecule has 0 N–H and O–H groups in total. The Balaban J connectivity index is 1.68. The number of aryl methyl sites for hydroxylation is 2. The summed E-state index contributed by atoms with van der Waals surface area (Å²) in [5.41, 5.74) is 5.48. The third-order valence-electron chi connectivity index (χ3n) is 4.59. The Kier molecular flexibility index (Phi) is 4.53. The van der Waals surface area contributed by atoms with Crippen LogP contribution in [-0.2, 0) is 5.75 Å². The molecule has 0 atom stereocenters. The van der Waals surface area contributed by atoms with Crippen LogP contribution >= 0.6 is 11.8 Å². The smallest absolute Gasteiger partial charge is 0.336 e. The highest BCUT2D eigenvalue weighted by molar-refractivity contribution is 7.98. The number of benzene rings is 2. The second-order valence-corrected chi connectivity index (χ2v) is 7.41. The Hall–Kier alpha value is -2.93. The van der Waals surface area contributed by atoms with E-state index >= 15 is 0 Å². The van der Waals surface area contributed by atoms with Crippen LogP contribution in [0.4, 0.5) is 0 Å². The van der Waals surface area contributed by atoms with Crippen LogP contribution in [0.3, 0.4) is 0 Å². The van der Waals surface area contributed by atoms with Crippen molar-refractivity contribution in [1.82, 2.24) is 20.2 Å². The molecule has 0 aliphatic rings. The summed E-state index contributed by atoms with van der Waals surface area (Å²) in [7, 11) is 0. The second kappa shape index (κ2) is 7.00. The summed E-state index contributed by atoms with van der Waals surface area (Å²) >= 11 is 1.49. The number of rotatable bonds is 4. The average Bonchev–Trinajstić information content (AvgIpc) is 3.09. The molecule has 0 fully saturated rings. The van der Waals surface area contributed by atoms with E-state index in [4.69, 9.17) is 4.42 Å². The molecule has 0 saturated heterocycles. The number of nitrogens with zero attached hydrogens (tertiary/aromatic N) is 4. The van der Waals surface area contributed by atoms with E-state index in [9.17, 15) is 4.79 Å². The zero-order chi connectivity index (χ0) is 19.0. The van der Waals surface area contributed by atoms with E-state index in [1.807, 2.05) is 37.3 Å². The molecule has 4 rings (SSSR count). The Labute approximate surface area is 160 Å². The third kappa shape index (κ3) is 3.38. The molecule has 0 bridgehead atoms. The van der Waals surface area contributed by atoms with Crippen molar-refractivity contribution in [2.75, 3.05) is 0 Å². The van der Waals surface area contributed by atoms with Crippen molar-refractivity contribution in [2.45, 2.75) is 31.7 Å². The third-order valence-corrected chi connectivity index (χ3v) is 5.56. The number of aromatic nitrogens is 4. The van der Waals surface area contributed by atoms with Gasteiger partial charge in [-0.2, -0.15) is 4.68 Å². The molecule has 0 spiro atoms. The summed E-state index contributed by atoms with van der Waals surface area (Å²) in [5.74, 6) is 0.566. The van der Waals surface area contributed by atoms with Gasteiger partial charge in [-0.15, -0.1) is 5.10 Å². The van der Waals surface area contributed by atoms with Gasteiger partial charge in [0.15, 0.2) is 0 Å². The maximum absolute atomic E-state index is 11.9. The fraction of sp³-hybridized carbons (Fsp3) is 0.200. The minimum Gasteiger partial charge on any atom is -0.423 e. The predicted octanol–water partition coefficient (Wildman–Crippen LogP) is 3.99. The van der Waals surface area contributed by atoms with E-state index in [0.29, 0.717) is 16.5 Å². The molecule has 2 aromatic carbocycles. The zero-order valence-electron chi connectivity index (χ0n) is 15.3. The van der Waals surface area contributed by atoms with Gasteiger partial charge < -0.3 is 4.42 Å². The highest BCUT2D eigenvalue weighted by Gasteiger charge is 2.14. The van der Waals surface area contributed by atoms with Crippen molar-refractivity contribution < 1.29 is 4.42 Å². The predicted molar refractivity (Wildman–Crippen MR) is 105 cm³/mol. The van der Waals surface area contributed by atoms with Crippen LogP contribution in [-0.4, -0.2) is 20.2 Å². The molecule has 0 aliphatic carbocycles.